The molecule has 0 bridgehead atoms. The average molecular weight is 881 g/mol. The summed E-state index contributed by atoms with van der Waals surface area (Å²) in [4.78, 5) is 14.5. The molecule has 0 aliphatic rings. The molecule has 9 rings (SSSR count). The first-order chi connectivity index (χ1) is 25.9. The van der Waals surface area contributed by atoms with Crippen molar-refractivity contribution >= 4 is 33.1 Å². The van der Waals surface area contributed by atoms with E-state index in [1.807, 2.05) is 92.0 Å². The van der Waals surface area contributed by atoms with Gasteiger partial charge in [0.2, 0.25) is 0 Å². The zero-order valence-corrected chi connectivity index (χ0v) is 33.4. The van der Waals surface area contributed by atoms with Gasteiger partial charge in [-0.3, -0.25) is 4.98 Å². The average Bonchev–Trinajstić information content (AvgIpc) is 3.77. The number of para-hydroxylation sites is 2. The molecule has 6 heteroatoms. The van der Waals surface area contributed by atoms with Gasteiger partial charge in [-0.15, -0.1) is 54.1 Å². The molecule has 0 unspecified atom stereocenters. The van der Waals surface area contributed by atoms with E-state index in [1.54, 1.807) is 0 Å². The second-order valence-electron chi connectivity index (χ2n) is 13.9. The van der Waals surface area contributed by atoms with Crippen LogP contribution in [0.2, 0.25) is 0 Å². The fourth-order valence-corrected chi connectivity index (χ4v) is 7.00. The summed E-state index contributed by atoms with van der Waals surface area (Å²) in [5.74, 6) is 1.48. The summed E-state index contributed by atoms with van der Waals surface area (Å²) in [7, 11) is 0. The van der Waals surface area contributed by atoms with Crippen LogP contribution in [0, 0.1) is 19.1 Å². The number of furan rings is 1. The minimum absolute atomic E-state index is 0. The third-order valence-corrected chi connectivity index (χ3v) is 9.62. The second-order valence-corrected chi connectivity index (χ2v) is 13.9. The Balaban J connectivity index is 0.000000200. The number of imidazole rings is 1. The first kappa shape index (κ1) is 36.7. The van der Waals surface area contributed by atoms with Gasteiger partial charge in [0.25, 0.3) is 0 Å². The van der Waals surface area contributed by atoms with Crippen molar-refractivity contribution in [2.45, 2.75) is 46.5 Å². The van der Waals surface area contributed by atoms with Gasteiger partial charge in [-0.25, -0.2) is 4.98 Å². The SMILES string of the molecule is Cc1ccc2nc(-c3[c-]ccc4c3oc3ccccc34)n(-c3c(C(C)C)cccc3C(C)C)c2n1.[Ir].[c-]1ccccc1-c1cc(-c2ccccc2)ccn1. The predicted octanol–water partition coefficient (Wildman–Crippen LogP) is 12.6. The van der Waals surface area contributed by atoms with Gasteiger partial charge in [0.05, 0.1) is 16.9 Å². The van der Waals surface area contributed by atoms with Crippen molar-refractivity contribution in [2.24, 2.45) is 0 Å². The molecule has 0 spiro atoms. The Morgan fingerprint density at radius 1 is 0.648 bits per heavy atom. The fraction of sp³-hybridized carbons (Fsp3) is 0.146. The molecule has 4 aromatic heterocycles. The van der Waals surface area contributed by atoms with Crippen LogP contribution in [0.5, 0.6) is 0 Å². The number of benzene rings is 5. The third kappa shape index (κ3) is 7.03. The Kier molecular flexibility index (Phi) is 10.7. The normalized spacial score (nSPS) is 11.2. The van der Waals surface area contributed by atoms with Crippen molar-refractivity contribution in [3.63, 3.8) is 0 Å². The van der Waals surface area contributed by atoms with Crippen LogP contribution in [0.1, 0.15) is 56.4 Å². The van der Waals surface area contributed by atoms with Gasteiger partial charge >= 0.3 is 0 Å². The Bertz CT molecular complexity index is 2610. The quantitative estimate of drug-likeness (QED) is 0.156. The molecule has 9 aromatic rings. The van der Waals surface area contributed by atoms with Crippen molar-refractivity contribution in [2.75, 3.05) is 0 Å². The molecule has 5 nitrogen and oxygen atoms in total. The molecule has 0 aliphatic heterocycles. The van der Waals surface area contributed by atoms with Gasteiger partial charge in [-0.2, -0.15) is 0 Å². The van der Waals surface area contributed by atoms with E-state index < -0.39 is 0 Å². The molecule has 54 heavy (non-hydrogen) atoms. The van der Waals surface area contributed by atoms with Crippen LogP contribution < -0.4 is 0 Å². The summed E-state index contributed by atoms with van der Waals surface area (Å²) >= 11 is 0. The van der Waals surface area contributed by atoms with Crippen LogP contribution in [0.25, 0.3) is 72.6 Å². The number of fused-ring (bicyclic) bond motifs is 4. The van der Waals surface area contributed by atoms with Gasteiger partial charge in [-0.1, -0.05) is 111 Å². The molecule has 0 aliphatic carbocycles. The summed E-state index contributed by atoms with van der Waals surface area (Å²) in [6, 6.07) is 51.9. The third-order valence-electron chi connectivity index (χ3n) is 9.62. The number of rotatable bonds is 6. The van der Waals surface area contributed by atoms with E-state index in [-0.39, 0.29) is 20.1 Å². The minimum atomic E-state index is 0. The van der Waals surface area contributed by atoms with Crippen LogP contribution in [0.3, 0.4) is 0 Å². The zero-order valence-electron chi connectivity index (χ0n) is 31.0. The molecule has 0 atom stereocenters. The van der Waals surface area contributed by atoms with Gasteiger partial charge < -0.3 is 14.0 Å². The molecule has 0 amide bonds. The summed E-state index contributed by atoms with van der Waals surface area (Å²) < 4.78 is 8.64. The molecule has 0 saturated heterocycles. The largest absolute Gasteiger partial charge is 0.501 e. The van der Waals surface area contributed by atoms with Crippen molar-refractivity contribution in [1.29, 1.82) is 0 Å². The Morgan fingerprint density at radius 2 is 1.39 bits per heavy atom. The maximum atomic E-state index is 6.40. The Morgan fingerprint density at radius 3 is 2.13 bits per heavy atom. The monoisotopic (exact) mass is 881 g/mol. The number of hydrogen-bond donors (Lipinski definition) is 0. The van der Waals surface area contributed by atoms with Crippen molar-refractivity contribution < 1.29 is 24.5 Å². The van der Waals surface area contributed by atoms with Crippen molar-refractivity contribution in [1.82, 2.24) is 19.5 Å². The van der Waals surface area contributed by atoms with Crippen LogP contribution in [0.4, 0.5) is 0 Å². The first-order valence-electron chi connectivity index (χ1n) is 18.2. The molecule has 4 heterocycles. The summed E-state index contributed by atoms with van der Waals surface area (Å²) in [5.41, 5.74) is 13.3. The van der Waals surface area contributed by atoms with Gasteiger partial charge in [0.1, 0.15) is 5.58 Å². The maximum absolute atomic E-state index is 6.40. The Labute approximate surface area is 330 Å². The summed E-state index contributed by atoms with van der Waals surface area (Å²) in [6.07, 6.45) is 1.85. The van der Waals surface area contributed by atoms with Gasteiger partial charge in [-0.05, 0) is 71.0 Å². The van der Waals surface area contributed by atoms with Gasteiger partial charge in [0, 0.05) is 43.1 Å². The van der Waals surface area contributed by atoms with Gasteiger partial charge in [0.15, 0.2) is 5.65 Å². The molecule has 1 radical (unpaired) electrons. The van der Waals surface area contributed by atoms with E-state index >= 15 is 0 Å². The van der Waals surface area contributed by atoms with Crippen LogP contribution in [-0.2, 0) is 20.1 Å². The van der Waals surface area contributed by atoms with Crippen molar-refractivity contribution in [3.05, 3.63) is 169 Å². The minimum Gasteiger partial charge on any atom is -0.501 e. The maximum Gasteiger partial charge on any atom is 0.155 e. The molecule has 269 valence electrons. The number of hydrogen-bond acceptors (Lipinski definition) is 4. The molecule has 5 aromatic carbocycles. The molecular formula is C48H40IrN4O-2. The fourth-order valence-electron chi connectivity index (χ4n) is 7.00. The van der Waals surface area contributed by atoms with E-state index in [2.05, 4.69) is 104 Å². The summed E-state index contributed by atoms with van der Waals surface area (Å²) in [5, 5.41) is 2.16. The van der Waals surface area contributed by atoms with E-state index in [9.17, 15) is 0 Å². The van der Waals surface area contributed by atoms with E-state index in [0.29, 0.717) is 11.8 Å². The number of nitrogens with zero attached hydrogens (tertiary/aromatic N) is 4. The van der Waals surface area contributed by atoms with E-state index in [1.165, 1.54) is 22.3 Å². The topological polar surface area (TPSA) is 56.7 Å². The van der Waals surface area contributed by atoms with Crippen molar-refractivity contribution in [3.8, 4) is 39.5 Å². The van der Waals surface area contributed by atoms with E-state index in [4.69, 9.17) is 14.4 Å². The molecule has 0 N–H and O–H groups in total. The second kappa shape index (κ2) is 15.7. The zero-order chi connectivity index (χ0) is 36.5. The van der Waals surface area contributed by atoms with E-state index in [0.717, 1.165) is 67.1 Å². The number of pyridine rings is 2. The molecule has 0 saturated carbocycles. The standard InChI is InChI=1S/C31H28N3O.C17H12N.Ir/c1-18(2)21-11-8-12-22(19(3)4)28(21)34-30(33-26-17-16-20(5)32-31(26)34)25-14-9-13-24-23-10-6-7-15-27(23)35-29(24)25;1-3-7-14(8-4-1)16-11-12-18-17(13-16)15-9-5-2-6-10-15;/h6-13,15-19H,1-5H3;1-9,11-13H;/q2*-1;. The summed E-state index contributed by atoms with van der Waals surface area (Å²) in [6.45, 7) is 11.0. The first-order valence-corrected chi connectivity index (χ1v) is 18.2. The Hall–Kier alpha value is -5.68. The predicted molar refractivity (Wildman–Crippen MR) is 217 cm³/mol. The molecule has 0 fully saturated rings. The smallest absolute Gasteiger partial charge is 0.155 e. The molecular weight excluding hydrogens is 841 g/mol. The van der Waals surface area contributed by atoms with Crippen LogP contribution >= 0.6 is 0 Å². The number of aromatic nitrogens is 4. The number of aryl methyl sites for hydroxylation is 1. The van der Waals surface area contributed by atoms with Crippen LogP contribution in [-0.4, -0.2) is 19.5 Å². The van der Waals surface area contributed by atoms with Crippen LogP contribution in [0.15, 0.2) is 144 Å².